The van der Waals surface area contributed by atoms with Crippen LogP contribution in [0.25, 0.3) is 5.57 Å². The van der Waals surface area contributed by atoms with Gasteiger partial charge >= 0.3 is 0 Å². The number of hydrogen-bond acceptors (Lipinski definition) is 8. The normalized spacial score (nSPS) is 16.9. The predicted octanol–water partition coefficient (Wildman–Crippen LogP) is 13.0. The Labute approximate surface area is 376 Å². The van der Waals surface area contributed by atoms with E-state index in [-0.39, 0.29) is 36.2 Å². The molecular weight excluding hydrogens is 783 g/mol. The van der Waals surface area contributed by atoms with Crippen molar-refractivity contribution in [2.45, 2.75) is 93.9 Å². The minimum absolute atomic E-state index is 0.0592. The second-order valence-electron chi connectivity index (χ2n) is 17.6. The topological polar surface area (TPSA) is 90.4 Å². The van der Waals surface area contributed by atoms with Crippen LogP contribution in [0.1, 0.15) is 97.3 Å². The molecular formula is C55H67N3O5. The molecule has 1 aliphatic heterocycles. The largest absolute Gasteiger partial charge is 0.493 e. The number of aliphatic imine (C=N–C) groups is 1. The number of carbonyl (C=O) groups is 1. The molecule has 0 amide bonds. The van der Waals surface area contributed by atoms with Crippen LogP contribution in [0.4, 0.5) is 17.1 Å². The number of nitrogens with one attached hydrogen (secondary N) is 2. The highest BCUT2D eigenvalue weighted by Gasteiger charge is 2.32. The van der Waals surface area contributed by atoms with Gasteiger partial charge in [0.15, 0.2) is 28.8 Å². The van der Waals surface area contributed by atoms with E-state index < -0.39 is 0 Å². The van der Waals surface area contributed by atoms with Gasteiger partial charge in [0.25, 0.3) is 0 Å². The number of benzene rings is 5. The number of Topliss-reactive ketones (excluding diaryl/α,β-unsaturated/α-hetero) is 1. The van der Waals surface area contributed by atoms with Crippen molar-refractivity contribution in [3.63, 3.8) is 0 Å². The van der Waals surface area contributed by atoms with Crippen molar-refractivity contribution in [2.24, 2.45) is 28.7 Å². The highest BCUT2D eigenvalue weighted by atomic mass is 16.5. The van der Waals surface area contributed by atoms with Crippen molar-refractivity contribution in [3.05, 3.63) is 142 Å². The third-order valence-electron chi connectivity index (χ3n) is 12.6. The Morgan fingerprint density at radius 2 is 1.40 bits per heavy atom. The summed E-state index contributed by atoms with van der Waals surface area (Å²) in [5.41, 5.74) is 12.1. The van der Waals surface area contributed by atoms with Gasteiger partial charge in [-0.25, -0.2) is 0 Å². The van der Waals surface area contributed by atoms with Crippen LogP contribution in [0, 0.1) is 37.5 Å². The number of ketones is 1. The Balaban J connectivity index is 1.23. The summed E-state index contributed by atoms with van der Waals surface area (Å²) in [4.78, 5) is 19.0. The van der Waals surface area contributed by atoms with Crippen LogP contribution < -0.4 is 29.6 Å². The number of nitrogens with zero attached hydrogens (tertiary/aromatic N) is 1. The number of methoxy groups -OCH3 is 2. The van der Waals surface area contributed by atoms with E-state index in [1.165, 1.54) is 22.3 Å². The number of anilines is 2. The smallest absolute Gasteiger partial charge is 0.168 e. The van der Waals surface area contributed by atoms with Gasteiger partial charge in [-0.15, -0.1) is 0 Å². The fourth-order valence-corrected chi connectivity index (χ4v) is 8.25. The number of allylic oxidation sites excluding steroid dienone is 1. The van der Waals surface area contributed by atoms with Crippen molar-refractivity contribution >= 4 is 34.6 Å². The molecule has 5 aromatic rings. The molecule has 5 aromatic carbocycles. The lowest BCUT2D eigenvalue weighted by atomic mass is 9.76. The molecule has 8 heteroatoms. The molecule has 0 radical (unpaired) electrons. The molecule has 0 aliphatic carbocycles. The van der Waals surface area contributed by atoms with Crippen LogP contribution in [0.5, 0.6) is 23.0 Å². The number of rotatable bonds is 19. The summed E-state index contributed by atoms with van der Waals surface area (Å²) in [6.07, 6.45) is 4.79. The predicted molar refractivity (Wildman–Crippen MR) is 261 cm³/mol. The molecule has 3 unspecified atom stereocenters. The number of carbonyl (C=O) groups excluding carboxylic acids is 1. The molecule has 0 aromatic heterocycles. The molecule has 6 rings (SSSR count). The van der Waals surface area contributed by atoms with Gasteiger partial charge in [0.05, 0.1) is 19.9 Å². The average Bonchev–Trinajstić information content (AvgIpc) is 3.28. The van der Waals surface area contributed by atoms with E-state index in [4.69, 9.17) is 23.9 Å². The molecule has 5 atom stereocenters. The summed E-state index contributed by atoms with van der Waals surface area (Å²) in [5.74, 6) is 2.74. The van der Waals surface area contributed by atoms with Gasteiger partial charge in [-0.3, -0.25) is 9.79 Å². The minimum Gasteiger partial charge on any atom is -0.493 e. The van der Waals surface area contributed by atoms with Crippen LogP contribution in [-0.4, -0.2) is 38.8 Å². The summed E-state index contributed by atoms with van der Waals surface area (Å²) < 4.78 is 24.8. The highest BCUT2D eigenvalue weighted by molar-refractivity contribution is 6.04. The van der Waals surface area contributed by atoms with Crippen molar-refractivity contribution in [2.75, 3.05) is 31.4 Å². The second-order valence-corrected chi connectivity index (χ2v) is 17.6. The molecule has 0 fully saturated rings. The number of hydrogen-bond donors (Lipinski definition) is 2. The maximum absolute atomic E-state index is 14.0. The van der Waals surface area contributed by atoms with Gasteiger partial charge in [0.1, 0.15) is 13.2 Å². The first-order valence-electron chi connectivity index (χ1n) is 22.4. The van der Waals surface area contributed by atoms with Gasteiger partial charge < -0.3 is 29.6 Å². The average molecular weight is 850 g/mol. The molecule has 0 bridgehead atoms. The zero-order chi connectivity index (χ0) is 45.2. The lowest BCUT2D eigenvalue weighted by molar-refractivity contribution is 0.0877. The van der Waals surface area contributed by atoms with Crippen molar-refractivity contribution in [1.82, 2.24) is 0 Å². The first-order valence-corrected chi connectivity index (χ1v) is 22.4. The Morgan fingerprint density at radius 3 is 2.00 bits per heavy atom. The summed E-state index contributed by atoms with van der Waals surface area (Å²) in [7, 11) is 3.27. The van der Waals surface area contributed by atoms with E-state index >= 15 is 0 Å². The van der Waals surface area contributed by atoms with E-state index in [1.54, 1.807) is 20.3 Å². The fourth-order valence-electron chi connectivity index (χ4n) is 8.25. The van der Waals surface area contributed by atoms with E-state index in [0.29, 0.717) is 46.8 Å². The third-order valence-corrected chi connectivity index (χ3v) is 12.6. The van der Waals surface area contributed by atoms with Gasteiger partial charge in [-0.05, 0) is 128 Å². The summed E-state index contributed by atoms with van der Waals surface area (Å²) >= 11 is 0. The van der Waals surface area contributed by atoms with E-state index in [2.05, 4.69) is 125 Å². The lowest BCUT2D eigenvalue weighted by Gasteiger charge is -2.28. The lowest BCUT2D eigenvalue weighted by Crippen LogP contribution is -2.29. The molecule has 0 saturated heterocycles. The maximum Gasteiger partial charge on any atom is 0.168 e. The second kappa shape index (κ2) is 21.4. The Bertz CT molecular complexity index is 2420. The molecule has 2 N–H and O–H groups in total. The van der Waals surface area contributed by atoms with Crippen LogP contribution in [0.2, 0.25) is 0 Å². The fraction of sp³-hybridized carbons (Fsp3) is 0.382. The van der Waals surface area contributed by atoms with Crippen molar-refractivity contribution in [3.8, 4) is 23.0 Å². The van der Waals surface area contributed by atoms with Crippen LogP contribution in [0.15, 0.2) is 103 Å². The Kier molecular flexibility index (Phi) is 15.8. The third kappa shape index (κ3) is 11.7. The summed E-state index contributed by atoms with van der Waals surface area (Å²) in [5, 5.41) is 7.34. The Hall–Kier alpha value is -6.02. The van der Waals surface area contributed by atoms with Crippen LogP contribution >= 0.6 is 0 Å². The highest BCUT2D eigenvalue weighted by Crippen LogP contribution is 2.41. The van der Waals surface area contributed by atoms with Crippen molar-refractivity contribution < 1.29 is 23.7 Å². The molecule has 1 aliphatic rings. The summed E-state index contributed by atoms with van der Waals surface area (Å²) in [6, 6.07) is 31.3. The number of ether oxygens (including phenoxy) is 4. The number of fused-ring (bicyclic) bond motifs is 1. The van der Waals surface area contributed by atoms with Crippen LogP contribution in [0.3, 0.4) is 0 Å². The van der Waals surface area contributed by atoms with Gasteiger partial charge in [0, 0.05) is 65.3 Å². The molecule has 0 spiro atoms. The Morgan fingerprint density at radius 1 is 0.794 bits per heavy atom. The molecule has 1 heterocycles. The minimum atomic E-state index is -0.202. The number of aryl methyl sites for hydroxylation is 2. The summed E-state index contributed by atoms with van der Waals surface area (Å²) in [6.45, 7) is 22.7. The van der Waals surface area contributed by atoms with Gasteiger partial charge in [-0.1, -0.05) is 82.8 Å². The maximum atomic E-state index is 14.0. The van der Waals surface area contributed by atoms with Gasteiger partial charge in [-0.2, -0.15) is 0 Å². The molecule has 8 nitrogen and oxygen atoms in total. The zero-order valence-corrected chi connectivity index (χ0v) is 39.1. The van der Waals surface area contributed by atoms with E-state index in [9.17, 15) is 4.79 Å². The zero-order valence-electron chi connectivity index (χ0n) is 39.1. The molecule has 332 valence electrons. The quantitative estimate of drug-likeness (QED) is 0.0855. The first-order chi connectivity index (χ1) is 30.3. The van der Waals surface area contributed by atoms with Crippen molar-refractivity contribution in [1.29, 1.82) is 0 Å². The molecule has 63 heavy (non-hydrogen) atoms. The molecule has 0 saturated carbocycles. The van der Waals surface area contributed by atoms with E-state index in [1.807, 2.05) is 38.3 Å². The standard InChI is InChI=1S/C55H67N3O5/c1-12-38(7)58-46-23-41(32-62-53-28-49(47(34(2)3)26-51(53)60-10)56-30-35(4)21-43-19-15-13-17-36(43)5)22-42(24-46)33-63-54-29-50-48(27-52(54)61-11)55(59)40(9)39(8)45(31-57-50)25-44-20-16-14-18-37(44)6/h13-20,22-24,26-29,31,35,38-40,45,56,58H,2,12,21,25,30,32-33H2,1,3-11H3/t35-,38?,39?,40?,45-/m0/s1. The first kappa shape index (κ1) is 46.5. The van der Waals surface area contributed by atoms with E-state index in [0.717, 1.165) is 59.4 Å². The SMILES string of the molecule is C=C(C)c1cc(OC)c(OCc2cc(COc3cc4c(cc3OC)C(=O)C(C)C(C)[C@@H](Cc3ccccc3C)C=N4)cc(NC(C)CC)c2)cc1NC[C@@H](C)Cc1ccccc1C. The monoisotopic (exact) mass is 850 g/mol. The van der Waals surface area contributed by atoms with Gasteiger partial charge in [0.2, 0.25) is 0 Å². The van der Waals surface area contributed by atoms with Crippen LogP contribution in [-0.2, 0) is 26.1 Å².